The van der Waals surface area contributed by atoms with Gasteiger partial charge in [0.2, 0.25) is 5.91 Å². The first-order chi connectivity index (χ1) is 7.74. The van der Waals surface area contributed by atoms with Gasteiger partial charge in [-0.15, -0.1) is 0 Å². The lowest BCUT2D eigenvalue weighted by molar-refractivity contribution is -0.182. The van der Waals surface area contributed by atoms with Gasteiger partial charge in [0.1, 0.15) is 6.61 Å². The molecule has 0 spiro atoms. The highest BCUT2D eigenvalue weighted by Crippen LogP contribution is 2.04. The van der Waals surface area contributed by atoms with Gasteiger partial charge in [-0.1, -0.05) is 43.7 Å². The van der Waals surface area contributed by atoms with E-state index in [4.69, 9.17) is 4.84 Å². The monoisotopic (exact) mass is 221 g/mol. The predicted octanol–water partition coefficient (Wildman–Crippen LogP) is 2.77. The van der Waals surface area contributed by atoms with Gasteiger partial charge in [0.05, 0.1) is 0 Å². The van der Waals surface area contributed by atoms with E-state index >= 15 is 0 Å². The Bertz CT molecular complexity index is 311. The van der Waals surface area contributed by atoms with E-state index in [-0.39, 0.29) is 5.91 Å². The van der Waals surface area contributed by atoms with Gasteiger partial charge in [-0.05, 0) is 12.0 Å². The fourth-order valence-electron chi connectivity index (χ4n) is 1.30. The normalized spacial score (nSPS) is 10.1. The molecule has 0 N–H and O–H groups in total. The zero-order valence-electron chi connectivity index (χ0n) is 9.98. The van der Waals surface area contributed by atoms with Crippen LogP contribution in [0, 0.1) is 0 Å². The van der Waals surface area contributed by atoms with Crippen molar-refractivity contribution in [3.05, 3.63) is 35.9 Å². The van der Waals surface area contributed by atoms with Gasteiger partial charge < -0.3 is 0 Å². The van der Waals surface area contributed by atoms with Crippen molar-refractivity contribution < 1.29 is 9.63 Å². The number of hydroxylamine groups is 2. The molecule has 0 bridgehead atoms. The lowest BCUT2D eigenvalue weighted by atomic mass is 10.2. The summed E-state index contributed by atoms with van der Waals surface area (Å²) in [5.74, 6) is 0.0396. The number of carbonyl (C=O) groups is 1. The molecule has 0 unspecified atom stereocenters. The maximum Gasteiger partial charge on any atom is 0.245 e. The topological polar surface area (TPSA) is 29.5 Å². The summed E-state index contributed by atoms with van der Waals surface area (Å²) in [5.41, 5.74) is 1.07. The summed E-state index contributed by atoms with van der Waals surface area (Å²) in [4.78, 5) is 16.9. The van der Waals surface area contributed by atoms with E-state index in [9.17, 15) is 4.79 Å². The molecule has 0 saturated heterocycles. The lowest BCUT2D eigenvalue weighted by Gasteiger charge is -2.16. The van der Waals surface area contributed by atoms with E-state index in [1.165, 1.54) is 5.06 Å². The van der Waals surface area contributed by atoms with Crippen molar-refractivity contribution in [2.75, 3.05) is 7.05 Å². The van der Waals surface area contributed by atoms with Crippen molar-refractivity contribution in [3.63, 3.8) is 0 Å². The molecule has 1 rings (SSSR count). The Morgan fingerprint density at radius 3 is 2.62 bits per heavy atom. The summed E-state index contributed by atoms with van der Waals surface area (Å²) in [6, 6.07) is 9.82. The van der Waals surface area contributed by atoms with Gasteiger partial charge >= 0.3 is 0 Å². The summed E-state index contributed by atoms with van der Waals surface area (Å²) in [6.45, 7) is 2.51. The SMILES string of the molecule is CCCCC(=O)N(C)OCc1ccccc1. The van der Waals surface area contributed by atoms with Gasteiger partial charge in [0, 0.05) is 13.5 Å². The lowest BCUT2D eigenvalue weighted by Crippen LogP contribution is -2.26. The predicted molar refractivity (Wildman–Crippen MR) is 63.5 cm³/mol. The van der Waals surface area contributed by atoms with E-state index in [1.54, 1.807) is 7.05 Å². The summed E-state index contributed by atoms with van der Waals surface area (Å²) >= 11 is 0. The Kier molecular flexibility index (Phi) is 5.57. The molecule has 0 aromatic heterocycles. The Hall–Kier alpha value is -1.35. The zero-order valence-corrected chi connectivity index (χ0v) is 9.98. The first-order valence-electron chi connectivity index (χ1n) is 5.67. The number of hydrogen-bond acceptors (Lipinski definition) is 2. The van der Waals surface area contributed by atoms with Crippen molar-refractivity contribution in [1.29, 1.82) is 0 Å². The van der Waals surface area contributed by atoms with Crippen LogP contribution in [0.4, 0.5) is 0 Å². The third-order valence-electron chi connectivity index (χ3n) is 2.36. The number of rotatable bonds is 6. The average Bonchev–Trinajstić information content (AvgIpc) is 2.34. The summed E-state index contributed by atoms with van der Waals surface area (Å²) in [7, 11) is 1.67. The number of nitrogens with zero attached hydrogens (tertiary/aromatic N) is 1. The van der Waals surface area contributed by atoms with E-state index < -0.39 is 0 Å². The number of hydrogen-bond donors (Lipinski definition) is 0. The first kappa shape index (κ1) is 12.7. The van der Waals surface area contributed by atoms with E-state index in [2.05, 4.69) is 6.92 Å². The Balaban J connectivity index is 2.29. The third kappa shape index (κ3) is 4.45. The Morgan fingerprint density at radius 2 is 2.00 bits per heavy atom. The summed E-state index contributed by atoms with van der Waals surface area (Å²) < 4.78 is 0. The maximum atomic E-state index is 11.5. The second-order valence-corrected chi connectivity index (χ2v) is 3.75. The van der Waals surface area contributed by atoms with Crippen molar-refractivity contribution in [1.82, 2.24) is 5.06 Å². The van der Waals surface area contributed by atoms with Crippen LogP contribution in [-0.2, 0) is 16.2 Å². The summed E-state index contributed by atoms with van der Waals surface area (Å²) in [6.07, 6.45) is 2.50. The van der Waals surface area contributed by atoms with Crippen LogP contribution in [0.1, 0.15) is 31.7 Å². The summed E-state index contributed by atoms with van der Waals surface area (Å²) in [5, 5.41) is 1.34. The Morgan fingerprint density at radius 1 is 1.31 bits per heavy atom. The quantitative estimate of drug-likeness (QED) is 0.691. The molecule has 0 aliphatic rings. The van der Waals surface area contributed by atoms with E-state index in [1.807, 2.05) is 30.3 Å². The van der Waals surface area contributed by atoms with Gasteiger partial charge in [0.25, 0.3) is 0 Å². The molecule has 3 nitrogen and oxygen atoms in total. The van der Waals surface area contributed by atoms with Crippen molar-refractivity contribution in [2.45, 2.75) is 32.8 Å². The Labute approximate surface area is 97.0 Å². The van der Waals surface area contributed by atoms with Crippen LogP contribution in [-0.4, -0.2) is 18.0 Å². The number of carbonyl (C=O) groups excluding carboxylic acids is 1. The first-order valence-corrected chi connectivity index (χ1v) is 5.67. The molecule has 0 radical (unpaired) electrons. The van der Waals surface area contributed by atoms with E-state index in [0.717, 1.165) is 18.4 Å². The van der Waals surface area contributed by atoms with Crippen LogP contribution in [0.5, 0.6) is 0 Å². The van der Waals surface area contributed by atoms with Crippen molar-refractivity contribution in [3.8, 4) is 0 Å². The molecular weight excluding hydrogens is 202 g/mol. The third-order valence-corrected chi connectivity index (χ3v) is 2.36. The molecule has 0 aliphatic carbocycles. The highest BCUT2D eigenvalue weighted by molar-refractivity contribution is 5.74. The molecule has 3 heteroatoms. The minimum Gasteiger partial charge on any atom is -0.273 e. The average molecular weight is 221 g/mol. The van der Waals surface area contributed by atoms with Crippen LogP contribution in [0.2, 0.25) is 0 Å². The molecule has 0 fully saturated rings. The standard InChI is InChI=1S/C13H19NO2/c1-3-4-10-13(15)14(2)16-11-12-8-6-5-7-9-12/h5-9H,3-4,10-11H2,1-2H3. The molecule has 88 valence electrons. The minimum atomic E-state index is 0.0396. The minimum absolute atomic E-state index is 0.0396. The zero-order chi connectivity index (χ0) is 11.8. The largest absolute Gasteiger partial charge is 0.273 e. The fourth-order valence-corrected chi connectivity index (χ4v) is 1.30. The van der Waals surface area contributed by atoms with Crippen LogP contribution in [0.25, 0.3) is 0 Å². The van der Waals surface area contributed by atoms with Crippen LogP contribution in [0.3, 0.4) is 0 Å². The molecule has 1 aromatic carbocycles. The molecule has 1 amide bonds. The number of amides is 1. The van der Waals surface area contributed by atoms with Gasteiger partial charge in [-0.2, -0.15) is 0 Å². The molecule has 16 heavy (non-hydrogen) atoms. The molecule has 1 aromatic rings. The van der Waals surface area contributed by atoms with Crippen molar-refractivity contribution in [2.24, 2.45) is 0 Å². The smallest absolute Gasteiger partial charge is 0.245 e. The van der Waals surface area contributed by atoms with E-state index in [0.29, 0.717) is 13.0 Å². The second-order valence-electron chi connectivity index (χ2n) is 3.75. The van der Waals surface area contributed by atoms with Crippen molar-refractivity contribution >= 4 is 5.91 Å². The van der Waals surface area contributed by atoms with Crippen LogP contribution < -0.4 is 0 Å². The second kappa shape index (κ2) is 7.01. The number of unbranched alkanes of at least 4 members (excludes halogenated alkanes) is 1. The molecule has 0 saturated carbocycles. The fraction of sp³-hybridized carbons (Fsp3) is 0.462. The number of benzene rings is 1. The molecule has 0 aliphatic heterocycles. The molecular formula is C13H19NO2. The molecule has 0 heterocycles. The van der Waals surface area contributed by atoms with Gasteiger partial charge in [-0.25, -0.2) is 5.06 Å². The van der Waals surface area contributed by atoms with Gasteiger partial charge in [-0.3, -0.25) is 9.63 Å². The maximum absolute atomic E-state index is 11.5. The van der Waals surface area contributed by atoms with Crippen LogP contribution >= 0.6 is 0 Å². The van der Waals surface area contributed by atoms with Crippen LogP contribution in [0.15, 0.2) is 30.3 Å². The van der Waals surface area contributed by atoms with Gasteiger partial charge in [0.15, 0.2) is 0 Å². The highest BCUT2D eigenvalue weighted by Gasteiger charge is 2.08. The highest BCUT2D eigenvalue weighted by atomic mass is 16.7. The molecule has 0 atom stereocenters.